The van der Waals surface area contributed by atoms with E-state index < -0.39 is 0 Å². The number of hydrogen-bond acceptors (Lipinski definition) is 5. The van der Waals surface area contributed by atoms with Crippen LogP contribution < -0.4 is 4.74 Å². The Hall–Kier alpha value is -2.73. The average Bonchev–Trinajstić information content (AvgIpc) is 3.24. The molecular weight excluding hydrogens is 296 g/mol. The van der Waals surface area contributed by atoms with Crippen molar-refractivity contribution in [1.82, 2.24) is 20.4 Å². The molecule has 0 radical (unpaired) electrons. The maximum atomic E-state index is 5.93. The van der Waals surface area contributed by atoms with Gasteiger partial charge in [-0.1, -0.05) is 30.3 Å². The Morgan fingerprint density at radius 1 is 1.14 bits per heavy atom. The van der Waals surface area contributed by atoms with Crippen molar-refractivity contribution in [2.75, 3.05) is 0 Å². The lowest BCUT2D eigenvalue weighted by molar-refractivity contribution is 0.305. The highest BCUT2D eigenvalue weighted by Gasteiger charge is 2.10. The number of fused-ring (bicyclic) bond motifs is 1. The molecule has 0 aliphatic rings. The van der Waals surface area contributed by atoms with Crippen molar-refractivity contribution in [3.63, 3.8) is 0 Å². The SMILES string of the molecule is c1ccc(-c2cc(OCc3cn[nH]n3)c3sccc3n2)cc1. The number of ether oxygens (including phenoxy) is 1. The van der Waals surface area contributed by atoms with Crippen molar-refractivity contribution in [2.24, 2.45) is 0 Å². The summed E-state index contributed by atoms with van der Waals surface area (Å²) < 4.78 is 6.98. The van der Waals surface area contributed by atoms with E-state index in [0.717, 1.165) is 32.9 Å². The third kappa shape index (κ3) is 2.44. The molecule has 6 heteroatoms. The number of nitrogens with zero attached hydrogens (tertiary/aromatic N) is 3. The fourth-order valence-corrected chi connectivity index (χ4v) is 3.04. The highest BCUT2D eigenvalue weighted by molar-refractivity contribution is 7.17. The van der Waals surface area contributed by atoms with Crippen LogP contribution in [0.5, 0.6) is 5.75 Å². The van der Waals surface area contributed by atoms with Crippen LogP contribution in [0.2, 0.25) is 0 Å². The minimum Gasteiger partial charge on any atom is -0.486 e. The number of hydrogen-bond donors (Lipinski definition) is 1. The standard InChI is InChI=1S/C16H12N4OS/c1-2-4-11(5-3-1)14-8-15(16-13(18-14)6-7-22-16)21-10-12-9-17-20-19-12/h1-9H,10H2,(H,17,19,20). The molecule has 0 aliphatic carbocycles. The van der Waals surface area contributed by atoms with Gasteiger partial charge in [0.1, 0.15) is 18.1 Å². The number of nitrogens with one attached hydrogen (secondary N) is 1. The predicted octanol–water partition coefficient (Wildman–Crippen LogP) is 3.66. The largest absolute Gasteiger partial charge is 0.486 e. The molecule has 0 saturated heterocycles. The molecule has 5 nitrogen and oxygen atoms in total. The first-order chi connectivity index (χ1) is 10.9. The molecule has 3 heterocycles. The number of rotatable bonds is 4. The zero-order valence-corrected chi connectivity index (χ0v) is 12.4. The first kappa shape index (κ1) is 13.0. The molecule has 3 aromatic heterocycles. The van der Waals surface area contributed by atoms with E-state index >= 15 is 0 Å². The zero-order valence-electron chi connectivity index (χ0n) is 11.6. The third-order valence-electron chi connectivity index (χ3n) is 3.29. The van der Waals surface area contributed by atoms with Gasteiger partial charge in [0.15, 0.2) is 0 Å². The van der Waals surface area contributed by atoms with Crippen molar-refractivity contribution in [3.05, 3.63) is 59.7 Å². The highest BCUT2D eigenvalue weighted by atomic mass is 32.1. The summed E-state index contributed by atoms with van der Waals surface area (Å²) in [6, 6.07) is 14.1. The normalized spacial score (nSPS) is 10.9. The summed E-state index contributed by atoms with van der Waals surface area (Å²) in [6.07, 6.45) is 1.66. The van der Waals surface area contributed by atoms with Gasteiger partial charge in [-0.3, -0.25) is 0 Å². The van der Waals surface area contributed by atoms with Crippen LogP contribution in [0.25, 0.3) is 21.5 Å². The van der Waals surface area contributed by atoms with Gasteiger partial charge in [-0.05, 0) is 11.4 Å². The zero-order chi connectivity index (χ0) is 14.8. The van der Waals surface area contributed by atoms with Crippen molar-refractivity contribution in [3.8, 4) is 17.0 Å². The van der Waals surface area contributed by atoms with Crippen LogP contribution in [0.3, 0.4) is 0 Å². The molecule has 0 saturated carbocycles. The Morgan fingerprint density at radius 2 is 2.05 bits per heavy atom. The molecule has 0 unspecified atom stereocenters. The lowest BCUT2D eigenvalue weighted by atomic mass is 10.1. The summed E-state index contributed by atoms with van der Waals surface area (Å²) in [6.45, 7) is 0.377. The second-order valence-corrected chi connectivity index (χ2v) is 5.67. The average molecular weight is 308 g/mol. The number of H-pyrrole nitrogens is 1. The molecule has 4 rings (SSSR count). The van der Waals surface area contributed by atoms with Gasteiger partial charge in [0.2, 0.25) is 0 Å². The van der Waals surface area contributed by atoms with Crippen LogP contribution in [0, 0.1) is 0 Å². The van der Waals surface area contributed by atoms with Gasteiger partial charge in [-0.15, -0.1) is 11.3 Å². The van der Waals surface area contributed by atoms with Crippen molar-refractivity contribution >= 4 is 21.6 Å². The fourth-order valence-electron chi connectivity index (χ4n) is 2.24. The Kier molecular flexibility index (Phi) is 3.29. The fraction of sp³-hybridized carbons (Fsp3) is 0.0625. The van der Waals surface area contributed by atoms with E-state index in [4.69, 9.17) is 9.72 Å². The Balaban J connectivity index is 1.74. The van der Waals surface area contributed by atoms with Crippen LogP contribution in [0.15, 0.2) is 54.0 Å². The van der Waals surface area contributed by atoms with Gasteiger partial charge in [0, 0.05) is 11.6 Å². The monoisotopic (exact) mass is 308 g/mol. The van der Waals surface area contributed by atoms with E-state index in [1.54, 1.807) is 17.5 Å². The Morgan fingerprint density at radius 3 is 2.86 bits per heavy atom. The van der Waals surface area contributed by atoms with Gasteiger partial charge >= 0.3 is 0 Å². The molecule has 0 aliphatic heterocycles. The van der Waals surface area contributed by atoms with E-state index in [2.05, 4.69) is 15.4 Å². The molecular formula is C16H12N4OS. The van der Waals surface area contributed by atoms with E-state index in [1.807, 2.05) is 47.8 Å². The lowest BCUT2D eigenvalue weighted by Gasteiger charge is -2.08. The van der Waals surface area contributed by atoms with E-state index in [-0.39, 0.29) is 0 Å². The molecule has 22 heavy (non-hydrogen) atoms. The lowest BCUT2D eigenvalue weighted by Crippen LogP contribution is -1.97. The highest BCUT2D eigenvalue weighted by Crippen LogP contribution is 2.33. The second kappa shape index (κ2) is 5.57. The molecule has 0 spiro atoms. The van der Waals surface area contributed by atoms with Crippen LogP contribution >= 0.6 is 11.3 Å². The summed E-state index contributed by atoms with van der Waals surface area (Å²) in [7, 11) is 0. The third-order valence-corrected chi connectivity index (χ3v) is 4.21. The van der Waals surface area contributed by atoms with Crippen molar-refractivity contribution < 1.29 is 4.74 Å². The van der Waals surface area contributed by atoms with Crippen LogP contribution in [0.1, 0.15) is 5.69 Å². The van der Waals surface area contributed by atoms with E-state index in [0.29, 0.717) is 6.61 Å². The maximum absolute atomic E-state index is 5.93. The maximum Gasteiger partial charge on any atom is 0.141 e. The quantitative estimate of drug-likeness (QED) is 0.625. The number of aromatic amines is 1. The van der Waals surface area contributed by atoms with E-state index in [1.165, 1.54) is 0 Å². The summed E-state index contributed by atoms with van der Waals surface area (Å²) in [5.74, 6) is 0.821. The number of benzene rings is 1. The first-order valence-electron chi connectivity index (χ1n) is 6.81. The van der Waals surface area contributed by atoms with Gasteiger partial charge in [0.25, 0.3) is 0 Å². The van der Waals surface area contributed by atoms with Crippen molar-refractivity contribution in [2.45, 2.75) is 6.61 Å². The number of pyridine rings is 1. The Labute approximate surface area is 130 Å². The molecule has 4 aromatic rings. The smallest absolute Gasteiger partial charge is 0.141 e. The molecule has 0 amide bonds. The number of aromatic nitrogens is 4. The van der Waals surface area contributed by atoms with Gasteiger partial charge < -0.3 is 4.74 Å². The summed E-state index contributed by atoms with van der Waals surface area (Å²) in [5.41, 5.74) is 3.69. The molecule has 0 bridgehead atoms. The molecule has 1 aromatic carbocycles. The first-order valence-corrected chi connectivity index (χ1v) is 7.69. The predicted molar refractivity (Wildman–Crippen MR) is 85.8 cm³/mol. The topological polar surface area (TPSA) is 63.7 Å². The molecule has 0 atom stereocenters. The minimum absolute atomic E-state index is 0.377. The van der Waals surface area contributed by atoms with Gasteiger partial charge in [-0.25, -0.2) is 4.98 Å². The summed E-state index contributed by atoms with van der Waals surface area (Å²) >= 11 is 1.62. The molecule has 108 valence electrons. The van der Waals surface area contributed by atoms with Crippen LogP contribution in [-0.2, 0) is 6.61 Å². The second-order valence-electron chi connectivity index (χ2n) is 4.76. The van der Waals surface area contributed by atoms with Gasteiger partial charge in [-0.2, -0.15) is 15.4 Å². The van der Waals surface area contributed by atoms with Crippen LogP contribution in [-0.4, -0.2) is 20.4 Å². The summed E-state index contributed by atoms with van der Waals surface area (Å²) in [4.78, 5) is 4.71. The minimum atomic E-state index is 0.377. The molecule has 0 fully saturated rings. The Bertz CT molecular complexity index is 887. The molecule has 1 N–H and O–H groups in total. The van der Waals surface area contributed by atoms with E-state index in [9.17, 15) is 0 Å². The number of thiophene rings is 1. The van der Waals surface area contributed by atoms with Gasteiger partial charge in [0.05, 0.1) is 22.1 Å². The summed E-state index contributed by atoms with van der Waals surface area (Å²) in [5, 5.41) is 12.4. The van der Waals surface area contributed by atoms with Crippen LogP contribution in [0.4, 0.5) is 0 Å². The van der Waals surface area contributed by atoms with Crippen molar-refractivity contribution in [1.29, 1.82) is 0 Å².